The summed E-state index contributed by atoms with van der Waals surface area (Å²) in [6, 6.07) is 0.793. The predicted octanol–water partition coefficient (Wildman–Crippen LogP) is 2.32. The van der Waals surface area contributed by atoms with Crippen molar-refractivity contribution in [2.45, 2.75) is 58.0 Å². The Morgan fingerprint density at radius 1 is 1.27 bits per heavy atom. The van der Waals surface area contributed by atoms with E-state index in [0.717, 1.165) is 6.04 Å². The lowest BCUT2D eigenvalue weighted by Crippen LogP contribution is -2.44. The van der Waals surface area contributed by atoms with Crippen LogP contribution in [-0.4, -0.2) is 11.6 Å². The van der Waals surface area contributed by atoms with Gasteiger partial charge in [0.05, 0.1) is 0 Å². The maximum atomic E-state index is 3.76. The summed E-state index contributed by atoms with van der Waals surface area (Å²) in [5.41, 5.74) is 1.03. The van der Waals surface area contributed by atoms with Gasteiger partial charge in [-0.15, -0.1) is 0 Å². The highest BCUT2D eigenvalue weighted by Crippen LogP contribution is 2.46. The highest BCUT2D eigenvalue weighted by Gasteiger charge is 2.48. The third kappa shape index (κ3) is 1.10. The first-order valence-electron chi connectivity index (χ1n) is 4.80. The Morgan fingerprint density at radius 3 is 2.55 bits per heavy atom. The van der Waals surface area contributed by atoms with Gasteiger partial charge < -0.3 is 5.32 Å². The standard InChI is InChI=1S/C10H19N/c1-9(2)7-10(3)6-4-5-8(9)11-10/h8,11H,4-7H2,1-3H3/t8-,10+/m0/s1. The summed E-state index contributed by atoms with van der Waals surface area (Å²) in [6.07, 6.45) is 5.57. The van der Waals surface area contributed by atoms with Crippen molar-refractivity contribution in [2.75, 3.05) is 0 Å². The summed E-state index contributed by atoms with van der Waals surface area (Å²) >= 11 is 0. The molecule has 2 bridgehead atoms. The molecular weight excluding hydrogens is 134 g/mol. The van der Waals surface area contributed by atoms with Gasteiger partial charge in [0.2, 0.25) is 0 Å². The van der Waals surface area contributed by atoms with Gasteiger partial charge in [-0.05, 0) is 31.6 Å². The Bertz CT molecular complexity index is 171. The molecule has 0 aromatic carbocycles. The maximum Gasteiger partial charge on any atom is 0.0161 e. The fraction of sp³-hybridized carbons (Fsp3) is 1.00. The second-order valence-corrected chi connectivity index (χ2v) is 5.32. The zero-order valence-electron chi connectivity index (χ0n) is 7.91. The molecule has 0 saturated carbocycles. The summed E-state index contributed by atoms with van der Waals surface area (Å²) < 4.78 is 0. The molecule has 2 atom stereocenters. The van der Waals surface area contributed by atoms with E-state index < -0.39 is 0 Å². The van der Waals surface area contributed by atoms with Gasteiger partial charge in [-0.25, -0.2) is 0 Å². The van der Waals surface area contributed by atoms with E-state index in [0.29, 0.717) is 11.0 Å². The molecule has 1 nitrogen and oxygen atoms in total. The van der Waals surface area contributed by atoms with Crippen LogP contribution in [0.15, 0.2) is 0 Å². The molecule has 0 radical (unpaired) electrons. The van der Waals surface area contributed by atoms with Crippen LogP contribution in [0, 0.1) is 5.41 Å². The van der Waals surface area contributed by atoms with Crippen molar-refractivity contribution in [1.29, 1.82) is 0 Å². The Morgan fingerprint density at radius 2 is 2.00 bits per heavy atom. The molecule has 0 aromatic heterocycles. The van der Waals surface area contributed by atoms with Gasteiger partial charge in [-0.1, -0.05) is 20.3 Å². The highest BCUT2D eigenvalue weighted by molar-refractivity contribution is 5.06. The molecule has 0 amide bonds. The van der Waals surface area contributed by atoms with Crippen LogP contribution >= 0.6 is 0 Å². The minimum absolute atomic E-state index is 0.479. The van der Waals surface area contributed by atoms with Gasteiger partial charge in [0.1, 0.15) is 0 Å². The Hall–Kier alpha value is -0.0400. The first-order chi connectivity index (χ1) is 5.02. The van der Waals surface area contributed by atoms with Crippen LogP contribution < -0.4 is 5.32 Å². The Labute approximate surface area is 69.6 Å². The van der Waals surface area contributed by atoms with Gasteiger partial charge >= 0.3 is 0 Å². The zero-order valence-corrected chi connectivity index (χ0v) is 7.91. The molecule has 2 aliphatic heterocycles. The lowest BCUT2D eigenvalue weighted by Gasteiger charge is -2.31. The van der Waals surface area contributed by atoms with Crippen LogP contribution in [0.2, 0.25) is 0 Å². The number of fused-ring (bicyclic) bond motifs is 2. The molecule has 2 rings (SSSR count). The normalized spacial score (nSPS) is 47.7. The van der Waals surface area contributed by atoms with Crippen LogP contribution in [-0.2, 0) is 0 Å². The number of piperidine rings is 1. The van der Waals surface area contributed by atoms with E-state index in [1.165, 1.54) is 25.7 Å². The van der Waals surface area contributed by atoms with Gasteiger partial charge in [-0.2, -0.15) is 0 Å². The molecule has 2 fully saturated rings. The molecule has 11 heavy (non-hydrogen) atoms. The molecule has 2 aliphatic rings. The number of nitrogens with one attached hydrogen (secondary N) is 1. The Balaban J connectivity index is 2.24. The SMILES string of the molecule is CC1(C)C[C@@]2(C)CCC[C@@H]1N2. The van der Waals surface area contributed by atoms with Crippen molar-refractivity contribution in [3.05, 3.63) is 0 Å². The lowest BCUT2D eigenvalue weighted by molar-refractivity contribution is 0.279. The second kappa shape index (κ2) is 2.01. The van der Waals surface area contributed by atoms with E-state index in [1.54, 1.807) is 0 Å². The number of hydrogen-bond acceptors (Lipinski definition) is 1. The molecule has 2 heterocycles. The van der Waals surface area contributed by atoms with E-state index >= 15 is 0 Å². The smallest absolute Gasteiger partial charge is 0.0161 e. The Kier molecular flexibility index (Phi) is 1.39. The molecule has 1 N–H and O–H groups in total. The van der Waals surface area contributed by atoms with Crippen molar-refractivity contribution in [3.8, 4) is 0 Å². The summed E-state index contributed by atoms with van der Waals surface area (Å²) in [5, 5.41) is 3.76. The fourth-order valence-corrected chi connectivity index (χ4v) is 3.12. The molecule has 2 saturated heterocycles. The largest absolute Gasteiger partial charge is 0.308 e. The molecule has 0 spiro atoms. The maximum absolute atomic E-state index is 3.76. The van der Waals surface area contributed by atoms with E-state index in [9.17, 15) is 0 Å². The molecule has 1 heteroatoms. The van der Waals surface area contributed by atoms with Crippen LogP contribution in [0.3, 0.4) is 0 Å². The van der Waals surface area contributed by atoms with E-state index in [2.05, 4.69) is 26.1 Å². The lowest BCUT2D eigenvalue weighted by atomic mass is 9.82. The van der Waals surface area contributed by atoms with Crippen LogP contribution in [0.4, 0.5) is 0 Å². The minimum atomic E-state index is 0.479. The van der Waals surface area contributed by atoms with Gasteiger partial charge in [0.15, 0.2) is 0 Å². The highest BCUT2D eigenvalue weighted by atomic mass is 15.1. The summed E-state index contributed by atoms with van der Waals surface area (Å²) in [7, 11) is 0. The average molecular weight is 153 g/mol. The van der Waals surface area contributed by atoms with Crippen molar-refractivity contribution in [2.24, 2.45) is 5.41 Å². The van der Waals surface area contributed by atoms with Crippen molar-refractivity contribution in [1.82, 2.24) is 5.32 Å². The number of hydrogen-bond donors (Lipinski definition) is 1. The number of rotatable bonds is 0. The zero-order chi connectivity index (χ0) is 8.11. The summed E-state index contributed by atoms with van der Waals surface area (Å²) in [4.78, 5) is 0. The van der Waals surface area contributed by atoms with Crippen molar-refractivity contribution >= 4 is 0 Å². The average Bonchev–Trinajstić information content (AvgIpc) is 1.98. The van der Waals surface area contributed by atoms with Gasteiger partial charge in [0, 0.05) is 11.6 Å². The molecule has 0 aromatic rings. The quantitative estimate of drug-likeness (QED) is 0.563. The summed E-state index contributed by atoms with van der Waals surface area (Å²) in [6.45, 7) is 7.19. The molecule has 0 unspecified atom stereocenters. The topological polar surface area (TPSA) is 12.0 Å². The fourth-order valence-electron chi connectivity index (χ4n) is 3.12. The molecule has 0 aliphatic carbocycles. The monoisotopic (exact) mass is 153 g/mol. The second-order valence-electron chi connectivity index (χ2n) is 5.32. The van der Waals surface area contributed by atoms with Crippen molar-refractivity contribution in [3.63, 3.8) is 0 Å². The first-order valence-corrected chi connectivity index (χ1v) is 4.80. The minimum Gasteiger partial charge on any atom is -0.308 e. The van der Waals surface area contributed by atoms with E-state index in [1.807, 2.05) is 0 Å². The van der Waals surface area contributed by atoms with Gasteiger partial charge in [-0.3, -0.25) is 0 Å². The van der Waals surface area contributed by atoms with Gasteiger partial charge in [0.25, 0.3) is 0 Å². The van der Waals surface area contributed by atoms with E-state index in [-0.39, 0.29) is 0 Å². The molecule has 64 valence electrons. The third-order valence-electron chi connectivity index (χ3n) is 3.53. The van der Waals surface area contributed by atoms with Crippen molar-refractivity contribution < 1.29 is 0 Å². The predicted molar refractivity (Wildman–Crippen MR) is 47.6 cm³/mol. The van der Waals surface area contributed by atoms with Crippen LogP contribution in [0.25, 0.3) is 0 Å². The van der Waals surface area contributed by atoms with Crippen LogP contribution in [0.5, 0.6) is 0 Å². The van der Waals surface area contributed by atoms with Crippen LogP contribution in [0.1, 0.15) is 46.5 Å². The van der Waals surface area contributed by atoms with E-state index in [4.69, 9.17) is 0 Å². The third-order valence-corrected chi connectivity index (χ3v) is 3.53. The molecular formula is C10H19N. The first kappa shape index (κ1) is 7.60. The summed E-state index contributed by atoms with van der Waals surface area (Å²) in [5.74, 6) is 0.